The molecule has 1 atom stereocenters. The predicted octanol–water partition coefficient (Wildman–Crippen LogP) is 2.83. The Labute approximate surface area is 114 Å². The third-order valence-corrected chi connectivity index (χ3v) is 6.43. The normalized spacial score (nSPS) is 41.1. The smallest absolute Gasteiger partial charge is 0.0541 e. The van der Waals surface area contributed by atoms with E-state index in [1.807, 2.05) is 11.8 Å². The third kappa shape index (κ3) is 4.34. The van der Waals surface area contributed by atoms with Gasteiger partial charge in [-0.2, -0.15) is 12.6 Å². The average Bonchev–Trinajstić information content (AvgIpc) is 2.33. The second-order valence-electron chi connectivity index (χ2n) is 5.53. The Kier molecular flexibility index (Phi) is 5.52. The van der Waals surface area contributed by atoms with Crippen molar-refractivity contribution < 1.29 is 10.2 Å². The molecule has 4 heteroatoms. The third-order valence-electron chi connectivity index (χ3n) is 4.12. The van der Waals surface area contributed by atoms with Crippen molar-refractivity contribution in [3.05, 3.63) is 0 Å². The summed E-state index contributed by atoms with van der Waals surface area (Å²) >= 11 is 6.76. The van der Waals surface area contributed by atoms with Crippen LogP contribution in [0, 0.1) is 5.92 Å². The molecule has 100 valence electrons. The van der Waals surface area contributed by atoms with Crippen molar-refractivity contribution in [3.63, 3.8) is 0 Å². The van der Waals surface area contributed by atoms with Crippen molar-refractivity contribution in [2.24, 2.45) is 5.92 Å². The van der Waals surface area contributed by atoms with E-state index in [9.17, 15) is 10.2 Å². The first-order valence-electron chi connectivity index (χ1n) is 6.85. The Morgan fingerprint density at radius 1 is 0.824 bits per heavy atom. The fourth-order valence-corrected chi connectivity index (χ4v) is 5.12. The van der Waals surface area contributed by atoms with Crippen LogP contribution >= 0.6 is 24.4 Å². The van der Waals surface area contributed by atoms with Crippen molar-refractivity contribution in [2.45, 2.75) is 73.4 Å². The van der Waals surface area contributed by atoms with Crippen LogP contribution in [-0.4, -0.2) is 32.3 Å². The molecule has 0 bridgehead atoms. The fraction of sp³-hybridized carbons (Fsp3) is 1.00. The highest BCUT2D eigenvalue weighted by Gasteiger charge is 2.28. The van der Waals surface area contributed by atoms with Gasteiger partial charge in [0.25, 0.3) is 0 Å². The highest BCUT2D eigenvalue weighted by atomic mass is 32.2. The molecule has 17 heavy (non-hydrogen) atoms. The molecular formula is C13H24O2S2. The summed E-state index contributed by atoms with van der Waals surface area (Å²) in [5.41, 5.74) is 0. The van der Waals surface area contributed by atoms with Crippen LogP contribution in [0.3, 0.4) is 0 Å². The summed E-state index contributed by atoms with van der Waals surface area (Å²) in [5, 5.41) is 19.7. The number of aliphatic hydroxyl groups excluding tert-OH is 2. The van der Waals surface area contributed by atoms with Gasteiger partial charge in [-0.05, 0) is 57.3 Å². The van der Waals surface area contributed by atoms with Crippen LogP contribution in [0.5, 0.6) is 0 Å². The molecular weight excluding hydrogens is 252 g/mol. The minimum atomic E-state index is -0.0680. The van der Waals surface area contributed by atoms with E-state index in [0.717, 1.165) is 51.4 Å². The van der Waals surface area contributed by atoms with E-state index in [2.05, 4.69) is 0 Å². The van der Waals surface area contributed by atoms with Gasteiger partial charge in [-0.3, -0.25) is 0 Å². The second kappa shape index (κ2) is 6.69. The summed E-state index contributed by atoms with van der Waals surface area (Å²) in [6.07, 6.45) is 8.21. The summed E-state index contributed by atoms with van der Waals surface area (Å²) in [7, 11) is 0. The highest BCUT2D eigenvalue weighted by Crippen LogP contribution is 2.40. The van der Waals surface area contributed by atoms with Gasteiger partial charge < -0.3 is 10.2 Å². The number of thioether (sulfide) groups is 1. The van der Waals surface area contributed by atoms with E-state index >= 15 is 0 Å². The Morgan fingerprint density at radius 2 is 1.29 bits per heavy atom. The van der Waals surface area contributed by atoms with E-state index < -0.39 is 0 Å². The summed E-state index contributed by atoms with van der Waals surface area (Å²) in [6.45, 7) is 0. The summed E-state index contributed by atoms with van der Waals surface area (Å²) in [4.78, 5) is 0. The molecule has 0 radical (unpaired) electrons. The summed E-state index contributed by atoms with van der Waals surface area (Å²) < 4.78 is 0.419. The Bertz CT molecular complexity index is 221. The van der Waals surface area contributed by atoms with Crippen LogP contribution in [0.2, 0.25) is 0 Å². The van der Waals surface area contributed by atoms with Crippen LogP contribution in [0.4, 0.5) is 0 Å². The van der Waals surface area contributed by atoms with E-state index in [4.69, 9.17) is 12.6 Å². The number of rotatable bonds is 3. The van der Waals surface area contributed by atoms with Gasteiger partial charge in [0, 0.05) is 5.25 Å². The van der Waals surface area contributed by atoms with Gasteiger partial charge in [-0.1, -0.05) is 0 Å². The van der Waals surface area contributed by atoms with Gasteiger partial charge in [-0.25, -0.2) is 0 Å². The van der Waals surface area contributed by atoms with Crippen LogP contribution in [0.1, 0.15) is 51.4 Å². The van der Waals surface area contributed by atoms with Crippen molar-refractivity contribution in [1.82, 2.24) is 0 Å². The molecule has 0 aromatic rings. The lowest BCUT2D eigenvalue weighted by molar-refractivity contribution is 0.112. The summed E-state index contributed by atoms with van der Waals surface area (Å²) in [5.74, 6) is 0.665. The minimum Gasteiger partial charge on any atom is -0.393 e. The molecule has 2 nitrogen and oxygen atoms in total. The summed E-state index contributed by atoms with van der Waals surface area (Å²) in [6, 6.07) is 0. The van der Waals surface area contributed by atoms with Gasteiger partial charge in [0.2, 0.25) is 0 Å². The van der Waals surface area contributed by atoms with Gasteiger partial charge in [0.15, 0.2) is 0 Å². The van der Waals surface area contributed by atoms with Gasteiger partial charge in [-0.15, -0.1) is 11.8 Å². The maximum Gasteiger partial charge on any atom is 0.0541 e. The van der Waals surface area contributed by atoms with Gasteiger partial charge >= 0.3 is 0 Å². The molecule has 0 heterocycles. The van der Waals surface area contributed by atoms with Crippen molar-refractivity contribution in [2.75, 3.05) is 0 Å². The van der Waals surface area contributed by atoms with Crippen molar-refractivity contribution in [3.8, 4) is 0 Å². The number of thiol groups is 1. The first kappa shape index (κ1) is 14.0. The molecule has 0 spiro atoms. The van der Waals surface area contributed by atoms with E-state index in [0.29, 0.717) is 15.7 Å². The highest BCUT2D eigenvalue weighted by molar-refractivity contribution is 8.10. The molecule has 0 aromatic carbocycles. The SMILES string of the molecule is OC1CCC(SC(S)C2CCC(O)CC2)CC1. The Hall–Kier alpha value is 0.620. The molecule has 0 aromatic heterocycles. The molecule has 0 aliphatic heterocycles. The lowest BCUT2D eigenvalue weighted by atomic mass is 9.89. The number of aliphatic hydroxyl groups is 2. The first-order chi connectivity index (χ1) is 8.15. The minimum absolute atomic E-state index is 0.0601. The maximum absolute atomic E-state index is 9.50. The molecule has 1 unspecified atom stereocenters. The zero-order valence-corrected chi connectivity index (χ0v) is 12.0. The molecule has 2 fully saturated rings. The molecule has 2 aliphatic carbocycles. The standard InChI is InChI=1S/C13H24O2S2/c14-10-3-1-9(2-4-10)13(16)17-12-7-5-11(15)6-8-12/h9-16H,1-8H2. The average molecular weight is 276 g/mol. The zero-order valence-electron chi connectivity index (χ0n) is 10.3. The maximum atomic E-state index is 9.50. The molecule has 0 amide bonds. The number of hydrogen-bond donors (Lipinski definition) is 3. The quantitative estimate of drug-likeness (QED) is 0.548. The van der Waals surface area contributed by atoms with Crippen molar-refractivity contribution in [1.29, 1.82) is 0 Å². The van der Waals surface area contributed by atoms with Crippen LogP contribution in [0.15, 0.2) is 0 Å². The van der Waals surface area contributed by atoms with Crippen LogP contribution < -0.4 is 0 Å². The van der Waals surface area contributed by atoms with E-state index in [1.54, 1.807) is 0 Å². The van der Waals surface area contributed by atoms with Crippen LogP contribution in [-0.2, 0) is 0 Å². The predicted molar refractivity (Wildman–Crippen MR) is 76.6 cm³/mol. The largest absolute Gasteiger partial charge is 0.393 e. The second-order valence-corrected chi connectivity index (χ2v) is 7.88. The topological polar surface area (TPSA) is 40.5 Å². The Balaban J connectivity index is 1.71. The monoisotopic (exact) mass is 276 g/mol. The van der Waals surface area contributed by atoms with Crippen LogP contribution in [0.25, 0.3) is 0 Å². The Morgan fingerprint density at radius 3 is 1.82 bits per heavy atom. The molecule has 2 saturated carbocycles. The fourth-order valence-electron chi connectivity index (χ4n) is 2.88. The molecule has 2 N–H and O–H groups in total. The van der Waals surface area contributed by atoms with E-state index in [-0.39, 0.29) is 12.2 Å². The van der Waals surface area contributed by atoms with Gasteiger partial charge in [0.05, 0.1) is 16.8 Å². The first-order valence-corrected chi connectivity index (χ1v) is 8.30. The lowest BCUT2D eigenvalue weighted by Crippen LogP contribution is -2.26. The van der Waals surface area contributed by atoms with E-state index in [1.165, 1.54) is 0 Å². The molecule has 0 saturated heterocycles. The number of hydrogen-bond acceptors (Lipinski definition) is 4. The molecule has 2 aliphatic rings. The van der Waals surface area contributed by atoms with Crippen molar-refractivity contribution >= 4 is 24.4 Å². The zero-order chi connectivity index (χ0) is 12.3. The van der Waals surface area contributed by atoms with Gasteiger partial charge in [0.1, 0.15) is 0 Å². The molecule has 2 rings (SSSR count). The lowest BCUT2D eigenvalue weighted by Gasteiger charge is -2.33.